The lowest BCUT2D eigenvalue weighted by molar-refractivity contribution is -0.119. The molecule has 0 amide bonds. The van der Waals surface area contributed by atoms with E-state index < -0.39 is 0 Å². The molecule has 6 nitrogen and oxygen atoms in total. The molecule has 0 bridgehead atoms. The van der Waals surface area contributed by atoms with Gasteiger partial charge in [-0.15, -0.1) is 0 Å². The van der Waals surface area contributed by atoms with E-state index in [-0.39, 0.29) is 17.3 Å². The minimum atomic E-state index is -0.108. The molecule has 1 aromatic heterocycles. The van der Waals surface area contributed by atoms with Crippen LogP contribution in [0, 0.1) is 5.92 Å². The third-order valence-electron chi connectivity index (χ3n) is 5.26. The first-order valence-electron chi connectivity index (χ1n) is 9.43. The van der Waals surface area contributed by atoms with E-state index in [1.54, 1.807) is 18.3 Å². The number of nitrogens with zero attached hydrogens (tertiary/aromatic N) is 4. The highest BCUT2D eigenvalue weighted by atomic mass is 32.2. The Kier molecular flexibility index (Phi) is 5.36. The first kappa shape index (κ1) is 17.7. The Morgan fingerprint density at radius 3 is 2.81 bits per heavy atom. The lowest BCUT2D eigenvalue weighted by atomic mass is 9.98. The van der Waals surface area contributed by atoms with Crippen molar-refractivity contribution in [2.75, 3.05) is 37.6 Å². The van der Waals surface area contributed by atoms with Gasteiger partial charge in [0, 0.05) is 25.8 Å². The number of allylic oxidation sites excluding steroid dienone is 1. The number of rotatable bonds is 4. The number of thioether (sulfide) groups is 1. The number of carbonyl (C=O) groups is 2. The molecule has 0 radical (unpaired) electrons. The van der Waals surface area contributed by atoms with Gasteiger partial charge in [0.1, 0.15) is 0 Å². The SMILES string of the molecule is O=C1CC(=O)/C(=C/c2ccnc(N3CCCC(CN4CCCC4)C3)n2)S1. The van der Waals surface area contributed by atoms with Gasteiger partial charge in [-0.05, 0) is 68.6 Å². The summed E-state index contributed by atoms with van der Waals surface area (Å²) in [6.45, 7) is 5.61. The van der Waals surface area contributed by atoms with Crippen LogP contribution in [0.5, 0.6) is 0 Å². The van der Waals surface area contributed by atoms with E-state index in [0.717, 1.165) is 37.2 Å². The van der Waals surface area contributed by atoms with Crippen molar-refractivity contribution in [1.29, 1.82) is 0 Å². The molecular weight excluding hydrogens is 348 g/mol. The maximum atomic E-state index is 11.8. The second-order valence-electron chi connectivity index (χ2n) is 7.33. The van der Waals surface area contributed by atoms with Crippen LogP contribution < -0.4 is 4.90 Å². The molecule has 3 aliphatic rings. The van der Waals surface area contributed by atoms with Gasteiger partial charge in [-0.3, -0.25) is 9.59 Å². The van der Waals surface area contributed by atoms with Gasteiger partial charge >= 0.3 is 0 Å². The highest BCUT2D eigenvalue weighted by molar-refractivity contribution is 8.18. The van der Waals surface area contributed by atoms with Gasteiger partial charge in [0.25, 0.3) is 0 Å². The molecule has 138 valence electrons. The van der Waals surface area contributed by atoms with Gasteiger partial charge in [0.2, 0.25) is 11.1 Å². The molecule has 1 aromatic rings. The molecule has 7 heteroatoms. The van der Waals surface area contributed by atoms with Crippen molar-refractivity contribution in [1.82, 2.24) is 14.9 Å². The first-order chi connectivity index (χ1) is 12.7. The Morgan fingerprint density at radius 2 is 2.04 bits per heavy atom. The summed E-state index contributed by atoms with van der Waals surface area (Å²) in [7, 11) is 0. The second-order valence-corrected chi connectivity index (χ2v) is 8.43. The molecule has 0 aromatic carbocycles. The molecule has 0 aliphatic carbocycles. The summed E-state index contributed by atoms with van der Waals surface area (Å²) >= 11 is 1.02. The monoisotopic (exact) mass is 372 g/mol. The van der Waals surface area contributed by atoms with Gasteiger partial charge in [-0.25, -0.2) is 9.97 Å². The average Bonchev–Trinajstić information content (AvgIpc) is 3.25. The van der Waals surface area contributed by atoms with E-state index in [0.29, 0.717) is 16.5 Å². The van der Waals surface area contributed by atoms with Crippen molar-refractivity contribution in [3.8, 4) is 0 Å². The largest absolute Gasteiger partial charge is 0.340 e. The van der Waals surface area contributed by atoms with E-state index in [9.17, 15) is 9.59 Å². The molecule has 4 heterocycles. The third-order valence-corrected chi connectivity index (χ3v) is 6.20. The van der Waals surface area contributed by atoms with Crippen LogP contribution in [0.25, 0.3) is 6.08 Å². The standard InChI is InChI=1S/C19H24N4O2S/c24-16-11-18(25)26-17(16)10-15-5-6-20-19(21-15)23-9-3-4-14(13-23)12-22-7-1-2-8-22/h5-6,10,14H,1-4,7-9,11-13H2/b17-10-. The highest BCUT2D eigenvalue weighted by Crippen LogP contribution is 2.30. The predicted octanol–water partition coefficient (Wildman–Crippen LogP) is 2.36. The Morgan fingerprint density at radius 1 is 1.19 bits per heavy atom. The predicted molar refractivity (Wildman–Crippen MR) is 103 cm³/mol. The second kappa shape index (κ2) is 7.88. The van der Waals surface area contributed by atoms with Gasteiger partial charge < -0.3 is 9.80 Å². The van der Waals surface area contributed by atoms with Crippen molar-refractivity contribution in [2.45, 2.75) is 32.1 Å². The van der Waals surface area contributed by atoms with Gasteiger partial charge in [-0.2, -0.15) is 0 Å². The highest BCUT2D eigenvalue weighted by Gasteiger charge is 2.27. The molecular formula is C19H24N4O2S. The molecule has 1 atom stereocenters. The summed E-state index contributed by atoms with van der Waals surface area (Å²) in [5, 5.41) is -0.0867. The molecule has 26 heavy (non-hydrogen) atoms. The molecule has 0 spiro atoms. The minimum absolute atomic E-state index is 0.00124. The fraction of sp³-hybridized carbons (Fsp3) is 0.579. The van der Waals surface area contributed by atoms with E-state index >= 15 is 0 Å². The molecule has 1 unspecified atom stereocenters. The molecule has 3 fully saturated rings. The van der Waals surface area contributed by atoms with Gasteiger partial charge in [-0.1, -0.05) is 0 Å². The molecule has 3 aliphatic heterocycles. The summed E-state index contributed by atoms with van der Waals surface area (Å²) in [6.07, 6.45) is 8.54. The maximum Gasteiger partial charge on any atom is 0.225 e. The van der Waals surface area contributed by atoms with Crippen LogP contribution >= 0.6 is 11.8 Å². The fourth-order valence-electron chi connectivity index (χ4n) is 4.00. The number of hydrogen-bond acceptors (Lipinski definition) is 7. The van der Waals surface area contributed by atoms with E-state index in [4.69, 9.17) is 0 Å². The zero-order valence-electron chi connectivity index (χ0n) is 14.9. The number of ketones is 1. The Bertz CT molecular complexity index is 730. The van der Waals surface area contributed by atoms with Crippen molar-refractivity contribution in [3.63, 3.8) is 0 Å². The topological polar surface area (TPSA) is 66.4 Å². The van der Waals surface area contributed by atoms with Crippen LogP contribution in [0.15, 0.2) is 17.2 Å². The summed E-state index contributed by atoms with van der Waals surface area (Å²) < 4.78 is 0. The quantitative estimate of drug-likeness (QED) is 0.594. The van der Waals surface area contributed by atoms with Crippen LogP contribution in [0.3, 0.4) is 0 Å². The smallest absolute Gasteiger partial charge is 0.225 e. The summed E-state index contributed by atoms with van der Waals surface area (Å²) in [5.74, 6) is 1.29. The molecule has 3 saturated heterocycles. The number of hydrogen-bond donors (Lipinski definition) is 0. The van der Waals surface area contributed by atoms with Gasteiger partial charge in [0.15, 0.2) is 5.78 Å². The van der Waals surface area contributed by atoms with Crippen molar-refractivity contribution < 1.29 is 9.59 Å². The number of aromatic nitrogens is 2. The lowest BCUT2D eigenvalue weighted by Gasteiger charge is -2.34. The normalized spacial score (nSPS) is 26.2. The van der Waals surface area contributed by atoms with Crippen LogP contribution in [-0.4, -0.2) is 58.5 Å². The van der Waals surface area contributed by atoms with Crippen LogP contribution in [0.1, 0.15) is 37.8 Å². The van der Waals surface area contributed by atoms with E-state index in [1.807, 2.05) is 0 Å². The average molecular weight is 372 g/mol. The number of piperidine rings is 1. The molecule has 4 rings (SSSR count). The lowest BCUT2D eigenvalue weighted by Crippen LogP contribution is -2.41. The molecule has 0 saturated carbocycles. The Labute approximate surface area is 158 Å². The van der Waals surface area contributed by atoms with Crippen molar-refractivity contribution in [2.24, 2.45) is 5.92 Å². The Balaban J connectivity index is 1.44. The zero-order chi connectivity index (χ0) is 17.9. The Hall–Kier alpha value is -1.73. The van der Waals surface area contributed by atoms with Crippen molar-refractivity contribution in [3.05, 3.63) is 22.9 Å². The number of Topliss-reactive ketones (excluding diaryl/α,β-unsaturated/α-hetero) is 1. The summed E-state index contributed by atoms with van der Waals surface area (Å²) in [6, 6.07) is 1.79. The maximum absolute atomic E-state index is 11.8. The van der Waals surface area contributed by atoms with Crippen LogP contribution in [0.2, 0.25) is 0 Å². The van der Waals surface area contributed by atoms with E-state index in [2.05, 4.69) is 19.8 Å². The third kappa shape index (κ3) is 4.15. The van der Waals surface area contributed by atoms with Gasteiger partial charge in [0.05, 0.1) is 17.0 Å². The fourth-order valence-corrected chi connectivity index (χ4v) is 4.81. The van der Waals surface area contributed by atoms with Crippen LogP contribution in [0.4, 0.5) is 5.95 Å². The zero-order valence-corrected chi connectivity index (χ0v) is 15.7. The molecule has 0 N–H and O–H groups in total. The van der Waals surface area contributed by atoms with Crippen LogP contribution in [-0.2, 0) is 9.59 Å². The number of anilines is 1. The first-order valence-corrected chi connectivity index (χ1v) is 10.2. The summed E-state index contributed by atoms with van der Waals surface area (Å²) in [4.78, 5) is 37.6. The van der Waals surface area contributed by atoms with Crippen molar-refractivity contribution >= 4 is 34.7 Å². The minimum Gasteiger partial charge on any atom is -0.340 e. The summed E-state index contributed by atoms with van der Waals surface area (Å²) in [5.41, 5.74) is 0.696. The van der Waals surface area contributed by atoms with E-state index in [1.165, 1.54) is 38.9 Å². The number of carbonyl (C=O) groups excluding carboxylic acids is 2. The number of likely N-dealkylation sites (tertiary alicyclic amines) is 1.